The van der Waals surface area contributed by atoms with Gasteiger partial charge in [-0.25, -0.2) is 5.43 Å². The predicted octanol–water partition coefficient (Wildman–Crippen LogP) is 3.51. The summed E-state index contributed by atoms with van der Waals surface area (Å²) in [5.74, 6) is -0.360. The molecule has 0 aliphatic rings. The number of carbonyl (C=O) groups is 1. The molecule has 0 atom stereocenters. The van der Waals surface area contributed by atoms with Gasteiger partial charge in [-0.05, 0) is 38.1 Å². The van der Waals surface area contributed by atoms with Crippen molar-refractivity contribution in [3.05, 3.63) is 64.2 Å². The lowest BCUT2D eigenvalue weighted by atomic mass is 10.1. The quantitative estimate of drug-likeness (QED) is 0.673. The van der Waals surface area contributed by atoms with Crippen LogP contribution >= 0.6 is 11.6 Å². The van der Waals surface area contributed by atoms with Crippen molar-refractivity contribution in [1.82, 2.24) is 5.43 Å². The number of nitrogens with one attached hydrogen (secondary N) is 1. The third-order valence-corrected chi connectivity index (χ3v) is 3.32. The van der Waals surface area contributed by atoms with Crippen molar-refractivity contribution in [2.45, 2.75) is 13.8 Å². The maximum Gasteiger partial charge on any atom is 0.271 e. The Hall–Kier alpha value is -2.33. The van der Waals surface area contributed by atoms with Gasteiger partial charge >= 0.3 is 0 Å². The van der Waals surface area contributed by atoms with Gasteiger partial charge in [-0.1, -0.05) is 35.4 Å². The van der Waals surface area contributed by atoms with Crippen LogP contribution in [0.25, 0.3) is 0 Å². The molecule has 1 amide bonds. The first kappa shape index (κ1) is 15.1. The van der Waals surface area contributed by atoms with Gasteiger partial charge in [0.2, 0.25) is 0 Å². The Morgan fingerprint density at radius 1 is 1.19 bits per heavy atom. The van der Waals surface area contributed by atoms with Crippen molar-refractivity contribution < 1.29 is 9.90 Å². The summed E-state index contributed by atoms with van der Waals surface area (Å²) in [5.41, 5.74) is 5.00. The lowest BCUT2D eigenvalue weighted by Crippen LogP contribution is -2.19. The normalized spacial score (nSPS) is 11.3. The highest BCUT2D eigenvalue weighted by atomic mass is 35.5. The van der Waals surface area contributed by atoms with E-state index in [1.54, 1.807) is 37.3 Å². The molecule has 0 bridgehead atoms. The molecule has 0 saturated heterocycles. The van der Waals surface area contributed by atoms with Crippen LogP contribution in [0, 0.1) is 6.92 Å². The SMILES string of the molecule is CC(=NNC(=O)c1ccc(C)cc1)c1cccc(Cl)c1O. The summed E-state index contributed by atoms with van der Waals surface area (Å²) in [6.07, 6.45) is 0. The van der Waals surface area contributed by atoms with Crippen molar-refractivity contribution in [2.75, 3.05) is 0 Å². The van der Waals surface area contributed by atoms with Crippen molar-refractivity contribution >= 4 is 23.2 Å². The maximum atomic E-state index is 11.9. The zero-order valence-electron chi connectivity index (χ0n) is 11.7. The minimum atomic E-state index is -0.309. The molecule has 2 N–H and O–H groups in total. The van der Waals surface area contributed by atoms with Crippen LogP contribution < -0.4 is 5.43 Å². The number of hydrogen-bond donors (Lipinski definition) is 2. The van der Waals surface area contributed by atoms with Crippen LogP contribution in [0.2, 0.25) is 5.02 Å². The van der Waals surface area contributed by atoms with Gasteiger partial charge < -0.3 is 5.11 Å². The summed E-state index contributed by atoms with van der Waals surface area (Å²) in [5, 5.41) is 14.1. The summed E-state index contributed by atoms with van der Waals surface area (Å²) < 4.78 is 0. The second kappa shape index (κ2) is 6.41. The van der Waals surface area contributed by atoms with E-state index >= 15 is 0 Å². The van der Waals surface area contributed by atoms with Crippen LogP contribution in [0.3, 0.4) is 0 Å². The Kier molecular flexibility index (Phi) is 4.60. The first-order valence-corrected chi connectivity index (χ1v) is 6.76. The molecular formula is C16H15ClN2O2. The van der Waals surface area contributed by atoms with Crippen molar-refractivity contribution in [3.63, 3.8) is 0 Å². The number of aryl methyl sites for hydroxylation is 1. The summed E-state index contributed by atoms with van der Waals surface area (Å²) in [6, 6.07) is 12.1. The Labute approximate surface area is 128 Å². The van der Waals surface area contributed by atoms with Gasteiger partial charge in [0.1, 0.15) is 5.75 Å². The van der Waals surface area contributed by atoms with Crippen LogP contribution in [0.5, 0.6) is 5.75 Å². The van der Waals surface area contributed by atoms with E-state index in [2.05, 4.69) is 10.5 Å². The highest BCUT2D eigenvalue weighted by Gasteiger charge is 2.09. The molecule has 5 heteroatoms. The average molecular weight is 303 g/mol. The lowest BCUT2D eigenvalue weighted by molar-refractivity contribution is 0.0955. The number of amides is 1. The van der Waals surface area contributed by atoms with E-state index in [-0.39, 0.29) is 16.7 Å². The maximum absolute atomic E-state index is 11.9. The fourth-order valence-corrected chi connectivity index (χ4v) is 1.95. The van der Waals surface area contributed by atoms with Crippen LogP contribution in [0.15, 0.2) is 47.6 Å². The standard InChI is InChI=1S/C16H15ClN2O2/c1-10-6-8-12(9-7-10)16(21)19-18-11(2)13-4-3-5-14(17)15(13)20/h3-9,20H,1-2H3,(H,19,21). The first-order valence-electron chi connectivity index (χ1n) is 6.38. The minimum absolute atomic E-state index is 0.0509. The fourth-order valence-electron chi connectivity index (χ4n) is 1.77. The number of aromatic hydroxyl groups is 1. The van der Waals surface area contributed by atoms with Crippen molar-refractivity contribution in [1.29, 1.82) is 0 Å². The minimum Gasteiger partial charge on any atom is -0.506 e. The molecule has 2 rings (SSSR count). The van der Waals surface area contributed by atoms with E-state index in [0.717, 1.165) is 5.56 Å². The molecule has 0 spiro atoms. The highest BCUT2D eigenvalue weighted by molar-refractivity contribution is 6.32. The van der Waals surface area contributed by atoms with E-state index in [4.69, 9.17) is 11.6 Å². The lowest BCUT2D eigenvalue weighted by Gasteiger charge is -2.06. The van der Waals surface area contributed by atoms with E-state index in [0.29, 0.717) is 16.8 Å². The number of carbonyl (C=O) groups excluding carboxylic acids is 1. The number of benzene rings is 2. The number of phenolic OH excluding ortho intramolecular Hbond substituents is 1. The molecule has 0 heterocycles. The molecule has 0 aliphatic heterocycles. The van der Waals surface area contributed by atoms with E-state index in [1.165, 1.54) is 0 Å². The average Bonchev–Trinajstić information content (AvgIpc) is 2.48. The first-order chi connectivity index (χ1) is 9.99. The van der Waals surface area contributed by atoms with Gasteiger partial charge in [0.15, 0.2) is 0 Å². The molecule has 0 saturated carbocycles. The molecule has 0 unspecified atom stereocenters. The zero-order chi connectivity index (χ0) is 15.4. The molecule has 0 fully saturated rings. The summed E-state index contributed by atoms with van der Waals surface area (Å²) in [6.45, 7) is 3.63. The third-order valence-electron chi connectivity index (χ3n) is 3.02. The van der Waals surface area contributed by atoms with Crippen LogP contribution in [0.1, 0.15) is 28.4 Å². The van der Waals surface area contributed by atoms with Gasteiger partial charge in [-0.2, -0.15) is 5.10 Å². The number of phenols is 1. The predicted molar refractivity (Wildman–Crippen MR) is 84.0 cm³/mol. The zero-order valence-corrected chi connectivity index (χ0v) is 12.5. The molecular weight excluding hydrogens is 288 g/mol. The Morgan fingerprint density at radius 3 is 2.52 bits per heavy atom. The molecule has 4 nitrogen and oxygen atoms in total. The largest absolute Gasteiger partial charge is 0.506 e. The summed E-state index contributed by atoms with van der Waals surface area (Å²) >= 11 is 5.84. The van der Waals surface area contributed by atoms with Crippen molar-refractivity contribution in [2.24, 2.45) is 5.10 Å². The Morgan fingerprint density at radius 2 is 1.86 bits per heavy atom. The molecule has 2 aromatic rings. The van der Waals surface area contributed by atoms with Crippen molar-refractivity contribution in [3.8, 4) is 5.75 Å². The fraction of sp³-hybridized carbons (Fsp3) is 0.125. The van der Waals surface area contributed by atoms with E-state index in [1.807, 2.05) is 19.1 Å². The topological polar surface area (TPSA) is 61.7 Å². The second-order valence-electron chi connectivity index (χ2n) is 4.64. The smallest absolute Gasteiger partial charge is 0.271 e. The molecule has 0 aromatic heterocycles. The molecule has 21 heavy (non-hydrogen) atoms. The number of hydrogen-bond acceptors (Lipinski definition) is 3. The number of nitrogens with zero attached hydrogens (tertiary/aromatic N) is 1. The van der Waals surface area contributed by atoms with Gasteiger partial charge in [0.25, 0.3) is 5.91 Å². The Balaban J connectivity index is 2.15. The number of rotatable bonds is 3. The Bertz CT molecular complexity index is 694. The van der Waals surface area contributed by atoms with Gasteiger partial charge in [-0.3, -0.25) is 4.79 Å². The molecule has 0 aliphatic carbocycles. The highest BCUT2D eigenvalue weighted by Crippen LogP contribution is 2.27. The third kappa shape index (κ3) is 3.61. The van der Waals surface area contributed by atoms with Gasteiger partial charge in [0, 0.05) is 11.1 Å². The summed E-state index contributed by atoms with van der Waals surface area (Å²) in [4.78, 5) is 11.9. The van der Waals surface area contributed by atoms with Gasteiger partial charge in [0.05, 0.1) is 10.7 Å². The second-order valence-corrected chi connectivity index (χ2v) is 5.05. The number of para-hydroxylation sites is 1. The van der Waals surface area contributed by atoms with E-state index < -0.39 is 0 Å². The molecule has 2 aromatic carbocycles. The molecule has 0 radical (unpaired) electrons. The number of halogens is 1. The monoisotopic (exact) mass is 302 g/mol. The van der Waals surface area contributed by atoms with Crippen LogP contribution in [0.4, 0.5) is 0 Å². The molecule has 108 valence electrons. The number of hydrazone groups is 1. The van der Waals surface area contributed by atoms with Crippen LogP contribution in [-0.4, -0.2) is 16.7 Å². The van der Waals surface area contributed by atoms with Gasteiger partial charge in [-0.15, -0.1) is 0 Å². The van der Waals surface area contributed by atoms with E-state index in [9.17, 15) is 9.90 Å². The van der Waals surface area contributed by atoms with Crippen LogP contribution in [-0.2, 0) is 0 Å². The summed E-state index contributed by atoms with van der Waals surface area (Å²) in [7, 11) is 0.